The standard InChI is InChI=1S/C54H34N2O2/c1-4-16-35(17-5-1)39-24-14-25-42-43-26-15-28-49(53(43)58-52(39)42)56(38-30-32-47-45(34-38)41-22-10-12-27-46(41)55(47)37-20-8-3-9-21-37)48-33-31-40(36-18-6-2-7-19-36)54-51(48)44-23-11-13-29-50(44)57-54/h1-34H. The second-order valence-electron chi connectivity index (χ2n) is 14.8. The monoisotopic (exact) mass is 742 g/mol. The van der Waals surface area contributed by atoms with Gasteiger partial charge in [-0.05, 0) is 71.8 Å². The molecular weight excluding hydrogens is 709 g/mol. The Morgan fingerprint density at radius 2 is 0.966 bits per heavy atom. The summed E-state index contributed by atoms with van der Waals surface area (Å²) < 4.78 is 16.3. The number of benzene rings is 9. The lowest BCUT2D eigenvalue weighted by Gasteiger charge is -2.27. The van der Waals surface area contributed by atoms with E-state index in [1.807, 2.05) is 6.07 Å². The fraction of sp³-hybridized carbons (Fsp3) is 0. The Kier molecular flexibility index (Phi) is 7.20. The summed E-state index contributed by atoms with van der Waals surface area (Å²) in [4.78, 5) is 2.38. The van der Waals surface area contributed by atoms with Crippen molar-refractivity contribution in [3.8, 4) is 27.9 Å². The van der Waals surface area contributed by atoms with Crippen LogP contribution < -0.4 is 4.90 Å². The fourth-order valence-electron chi connectivity index (χ4n) is 9.03. The van der Waals surface area contributed by atoms with Crippen molar-refractivity contribution in [3.63, 3.8) is 0 Å². The smallest absolute Gasteiger partial charge is 0.159 e. The maximum atomic E-state index is 7.12. The number of hydrogen-bond donors (Lipinski definition) is 0. The van der Waals surface area contributed by atoms with E-state index in [2.05, 4.69) is 210 Å². The van der Waals surface area contributed by atoms with Crippen LogP contribution in [-0.2, 0) is 0 Å². The van der Waals surface area contributed by atoms with Gasteiger partial charge in [-0.15, -0.1) is 0 Å². The summed E-state index contributed by atoms with van der Waals surface area (Å²) in [7, 11) is 0. The Balaban J connectivity index is 1.19. The molecule has 4 nitrogen and oxygen atoms in total. The average Bonchev–Trinajstić information content (AvgIpc) is 3.98. The van der Waals surface area contributed by atoms with Crippen LogP contribution in [-0.4, -0.2) is 4.57 Å². The second kappa shape index (κ2) is 12.9. The van der Waals surface area contributed by atoms with E-state index in [-0.39, 0.29) is 0 Å². The molecule has 0 saturated heterocycles. The van der Waals surface area contributed by atoms with Gasteiger partial charge in [0.15, 0.2) is 5.58 Å². The molecule has 9 aromatic carbocycles. The highest BCUT2D eigenvalue weighted by molar-refractivity contribution is 6.20. The number of hydrogen-bond acceptors (Lipinski definition) is 3. The number of rotatable bonds is 6. The summed E-state index contributed by atoms with van der Waals surface area (Å²) in [6, 6.07) is 72.9. The third-order valence-corrected chi connectivity index (χ3v) is 11.6. The summed E-state index contributed by atoms with van der Waals surface area (Å²) in [5.74, 6) is 0. The fourth-order valence-corrected chi connectivity index (χ4v) is 9.03. The van der Waals surface area contributed by atoms with Gasteiger partial charge in [-0.1, -0.05) is 146 Å². The zero-order valence-electron chi connectivity index (χ0n) is 31.3. The molecule has 0 atom stereocenters. The maximum absolute atomic E-state index is 7.12. The van der Waals surface area contributed by atoms with Crippen LogP contribution in [0.3, 0.4) is 0 Å². The minimum absolute atomic E-state index is 0.820. The highest BCUT2D eigenvalue weighted by Gasteiger charge is 2.26. The molecule has 0 aliphatic rings. The zero-order chi connectivity index (χ0) is 38.2. The molecule has 0 N–H and O–H groups in total. The molecule has 12 rings (SSSR count). The Morgan fingerprint density at radius 1 is 0.362 bits per heavy atom. The molecule has 3 aromatic heterocycles. The molecular formula is C54H34N2O2. The number of furan rings is 2. The second-order valence-corrected chi connectivity index (χ2v) is 14.8. The third-order valence-electron chi connectivity index (χ3n) is 11.6. The molecule has 3 heterocycles. The van der Waals surface area contributed by atoms with E-state index in [1.54, 1.807) is 0 Å². The van der Waals surface area contributed by atoms with E-state index in [0.29, 0.717) is 0 Å². The molecule has 12 aromatic rings. The van der Waals surface area contributed by atoms with Gasteiger partial charge in [0, 0.05) is 49.4 Å². The van der Waals surface area contributed by atoms with Crippen LogP contribution in [0.15, 0.2) is 215 Å². The van der Waals surface area contributed by atoms with Crippen LogP contribution in [0, 0.1) is 0 Å². The predicted molar refractivity (Wildman–Crippen MR) is 241 cm³/mol. The van der Waals surface area contributed by atoms with Gasteiger partial charge in [0.2, 0.25) is 0 Å². The SMILES string of the molecule is c1ccc(-c2cccc3c2oc2c(N(c4ccc5c(c4)c4ccccc4n5-c4ccccc4)c4ccc(-c5ccccc5)c5oc6ccccc6c45)cccc23)cc1. The van der Waals surface area contributed by atoms with Crippen LogP contribution in [0.4, 0.5) is 17.1 Å². The van der Waals surface area contributed by atoms with Gasteiger partial charge >= 0.3 is 0 Å². The topological polar surface area (TPSA) is 34.5 Å². The summed E-state index contributed by atoms with van der Waals surface area (Å²) in [6.45, 7) is 0. The third kappa shape index (κ3) is 4.88. The minimum Gasteiger partial charge on any atom is -0.455 e. The first-order chi connectivity index (χ1) is 28.8. The maximum Gasteiger partial charge on any atom is 0.159 e. The van der Waals surface area contributed by atoms with Crippen LogP contribution in [0.1, 0.15) is 0 Å². The zero-order valence-corrected chi connectivity index (χ0v) is 31.3. The largest absolute Gasteiger partial charge is 0.455 e. The Hall–Kier alpha value is -7.82. The van der Waals surface area contributed by atoms with Gasteiger partial charge in [0.25, 0.3) is 0 Å². The highest BCUT2D eigenvalue weighted by atomic mass is 16.3. The van der Waals surface area contributed by atoms with E-state index >= 15 is 0 Å². The van der Waals surface area contributed by atoms with Crippen molar-refractivity contribution in [2.75, 3.05) is 4.90 Å². The molecule has 0 fully saturated rings. The lowest BCUT2D eigenvalue weighted by molar-refractivity contribution is 0.669. The number of anilines is 3. The van der Waals surface area contributed by atoms with Gasteiger partial charge in [-0.25, -0.2) is 0 Å². The first-order valence-corrected chi connectivity index (χ1v) is 19.7. The molecule has 0 saturated carbocycles. The highest BCUT2D eigenvalue weighted by Crippen LogP contribution is 2.50. The van der Waals surface area contributed by atoms with Crippen molar-refractivity contribution >= 4 is 82.7 Å². The minimum atomic E-state index is 0.820. The van der Waals surface area contributed by atoms with Gasteiger partial charge in [0.05, 0.1) is 27.8 Å². The number of nitrogens with zero attached hydrogens (tertiary/aromatic N) is 2. The summed E-state index contributed by atoms with van der Waals surface area (Å²) in [5.41, 5.74) is 14.1. The van der Waals surface area contributed by atoms with E-state index in [9.17, 15) is 0 Å². The first-order valence-electron chi connectivity index (χ1n) is 19.7. The van der Waals surface area contributed by atoms with Crippen molar-refractivity contribution in [2.24, 2.45) is 0 Å². The quantitative estimate of drug-likeness (QED) is 0.170. The molecule has 0 radical (unpaired) electrons. The Morgan fingerprint density at radius 3 is 1.74 bits per heavy atom. The molecule has 272 valence electrons. The predicted octanol–water partition coefficient (Wildman–Crippen LogP) is 15.4. The van der Waals surface area contributed by atoms with Crippen LogP contribution in [0.5, 0.6) is 0 Å². The summed E-state index contributed by atoms with van der Waals surface area (Å²) in [6.07, 6.45) is 0. The van der Waals surface area contributed by atoms with Gasteiger partial charge in [0.1, 0.15) is 16.7 Å². The lowest BCUT2D eigenvalue weighted by atomic mass is 9.99. The van der Waals surface area contributed by atoms with Crippen molar-refractivity contribution in [1.29, 1.82) is 0 Å². The normalized spacial score (nSPS) is 11.8. The van der Waals surface area contributed by atoms with Crippen LogP contribution in [0.25, 0.3) is 93.6 Å². The molecule has 4 heteroatoms. The van der Waals surface area contributed by atoms with Gasteiger partial charge in [-0.3, -0.25) is 0 Å². The molecule has 0 bridgehead atoms. The number of aromatic nitrogens is 1. The van der Waals surface area contributed by atoms with E-state index in [4.69, 9.17) is 8.83 Å². The molecule has 0 spiro atoms. The van der Waals surface area contributed by atoms with Crippen LogP contribution >= 0.6 is 0 Å². The average molecular weight is 743 g/mol. The van der Waals surface area contributed by atoms with E-state index in [1.165, 1.54) is 10.8 Å². The molecule has 0 aliphatic carbocycles. The Bertz CT molecular complexity index is 3500. The van der Waals surface area contributed by atoms with Crippen molar-refractivity contribution < 1.29 is 8.83 Å². The molecule has 0 amide bonds. The summed E-state index contributed by atoms with van der Waals surface area (Å²) in [5, 5.41) is 6.60. The van der Waals surface area contributed by atoms with Crippen molar-refractivity contribution in [2.45, 2.75) is 0 Å². The molecule has 58 heavy (non-hydrogen) atoms. The van der Waals surface area contributed by atoms with Gasteiger partial charge in [-0.2, -0.15) is 0 Å². The Labute approximate surface area is 334 Å². The molecule has 0 aliphatic heterocycles. The summed E-state index contributed by atoms with van der Waals surface area (Å²) >= 11 is 0. The van der Waals surface area contributed by atoms with Crippen LogP contribution in [0.2, 0.25) is 0 Å². The van der Waals surface area contributed by atoms with E-state index < -0.39 is 0 Å². The number of para-hydroxylation sites is 5. The van der Waals surface area contributed by atoms with E-state index in [0.717, 1.165) is 99.9 Å². The number of fused-ring (bicyclic) bond motifs is 9. The molecule has 0 unspecified atom stereocenters. The lowest BCUT2D eigenvalue weighted by Crippen LogP contribution is -2.11. The first kappa shape index (κ1) is 32.4. The van der Waals surface area contributed by atoms with Gasteiger partial charge < -0.3 is 18.3 Å². The van der Waals surface area contributed by atoms with Crippen molar-refractivity contribution in [3.05, 3.63) is 206 Å². The van der Waals surface area contributed by atoms with Crippen molar-refractivity contribution in [1.82, 2.24) is 4.57 Å².